The molecule has 0 spiro atoms. The number of benzene rings is 1. The summed E-state index contributed by atoms with van der Waals surface area (Å²) < 4.78 is 5.20. The Bertz CT molecular complexity index is 526. The molecule has 0 fully saturated rings. The van der Waals surface area contributed by atoms with E-state index < -0.39 is 0 Å². The Hall–Kier alpha value is -1.83. The van der Waals surface area contributed by atoms with Crippen molar-refractivity contribution < 1.29 is 4.74 Å². The van der Waals surface area contributed by atoms with Gasteiger partial charge in [-0.2, -0.15) is 0 Å². The van der Waals surface area contributed by atoms with Crippen LogP contribution in [0.3, 0.4) is 0 Å². The number of fused-ring (bicyclic) bond motifs is 1. The lowest BCUT2D eigenvalue weighted by molar-refractivity contribution is 0.414. The predicted molar refractivity (Wildman–Crippen MR) is 65.8 cm³/mol. The molecule has 0 N–H and O–H groups in total. The van der Waals surface area contributed by atoms with Gasteiger partial charge in [0.1, 0.15) is 5.75 Å². The highest BCUT2D eigenvalue weighted by Crippen LogP contribution is 2.02. The standard InChI is InChI=1S/C14H15NO/c1-16-13-8-9-14-12(11-13)7-5-3-2-4-6-10-15-14/h3,5-11H,2,4H2,1H3/b5-3+,10-6+,12-7-,15-14-. The van der Waals surface area contributed by atoms with Gasteiger partial charge in [0.15, 0.2) is 0 Å². The number of hydrogen-bond acceptors (Lipinski definition) is 2. The fourth-order valence-electron chi connectivity index (χ4n) is 1.58. The summed E-state index contributed by atoms with van der Waals surface area (Å²) in [6.07, 6.45) is 12.4. The van der Waals surface area contributed by atoms with Crippen LogP contribution in [0.5, 0.6) is 5.75 Å². The molecule has 0 unspecified atom stereocenters. The summed E-state index contributed by atoms with van der Waals surface area (Å²) in [6, 6.07) is 5.91. The molecule has 0 aliphatic carbocycles. The van der Waals surface area contributed by atoms with E-state index >= 15 is 0 Å². The van der Waals surface area contributed by atoms with Gasteiger partial charge in [-0.3, -0.25) is 4.99 Å². The van der Waals surface area contributed by atoms with Crippen molar-refractivity contribution in [2.24, 2.45) is 4.99 Å². The van der Waals surface area contributed by atoms with Crippen molar-refractivity contribution in [1.82, 2.24) is 0 Å². The quantitative estimate of drug-likeness (QED) is 0.699. The van der Waals surface area contributed by atoms with Crippen LogP contribution in [0.15, 0.2) is 47.6 Å². The molecular weight excluding hydrogens is 198 g/mol. The number of nitrogens with zero attached hydrogens (tertiary/aromatic N) is 1. The maximum absolute atomic E-state index is 5.20. The average molecular weight is 213 g/mol. The molecule has 0 aromatic heterocycles. The Balaban J connectivity index is 2.60. The minimum Gasteiger partial charge on any atom is -0.497 e. The van der Waals surface area contributed by atoms with Crippen molar-refractivity contribution in [1.29, 1.82) is 0 Å². The van der Waals surface area contributed by atoms with Crippen LogP contribution in [-0.2, 0) is 0 Å². The van der Waals surface area contributed by atoms with Crippen LogP contribution in [0.4, 0.5) is 0 Å². The van der Waals surface area contributed by atoms with Crippen molar-refractivity contribution in [3.05, 3.63) is 53.2 Å². The van der Waals surface area contributed by atoms with Gasteiger partial charge in [0, 0.05) is 11.4 Å². The van der Waals surface area contributed by atoms with Gasteiger partial charge in [0.05, 0.1) is 12.5 Å². The molecule has 2 nitrogen and oxygen atoms in total. The van der Waals surface area contributed by atoms with Gasteiger partial charge in [0.2, 0.25) is 0 Å². The zero-order valence-electron chi connectivity index (χ0n) is 9.39. The molecule has 2 rings (SSSR count). The molecule has 0 saturated carbocycles. The number of methoxy groups -OCH3 is 1. The molecule has 0 saturated heterocycles. The minimum absolute atomic E-state index is 0.861. The van der Waals surface area contributed by atoms with Gasteiger partial charge in [-0.15, -0.1) is 0 Å². The molecule has 1 aliphatic heterocycles. The lowest BCUT2D eigenvalue weighted by atomic mass is 10.2. The van der Waals surface area contributed by atoms with Gasteiger partial charge in [-0.1, -0.05) is 24.3 Å². The Labute approximate surface area is 95.3 Å². The fraction of sp³-hybridized carbons (Fsp3) is 0.214. The van der Waals surface area contributed by atoms with Crippen molar-refractivity contribution >= 4 is 6.08 Å². The predicted octanol–water partition coefficient (Wildman–Crippen LogP) is 1.96. The van der Waals surface area contributed by atoms with E-state index in [2.05, 4.69) is 29.3 Å². The molecule has 1 heterocycles. The van der Waals surface area contributed by atoms with Gasteiger partial charge >= 0.3 is 0 Å². The Morgan fingerprint density at radius 1 is 1.19 bits per heavy atom. The number of ether oxygens (including phenoxy) is 1. The Morgan fingerprint density at radius 3 is 2.94 bits per heavy atom. The largest absolute Gasteiger partial charge is 0.497 e. The minimum atomic E-state index is 0.861. The first-order chi connectivity index (χ1) is 7.90. The zero-order chi connectivity index (χ0) is 11.2. The van der Waals surface area contributed by atoms with Gasteiger partial charge in [-0.05, 0) is 31.0 Å². The average Bonchev–Trinajstić information content (AvgIpc) is 2.34. The van der Waals surface area contributed by atoms with Crippen molar-refractivity contribution in [3.63, 3.8) is 0 Å². The SMILES string of the molecule is COc1ccc2/c(c1)=C\C=C\CC\C=C\N=2. The summed E-state index contributed by atoms with van der Waals surface area (Å²) >= 11 is 0. The second kappa shape index (κ2) is 5.31. The molecule has 0 amide bonds. The second-order valence-corrected chi connectivity index (χ2v) is 3.61. The molecule has 0 atom stereocenters. The summed E-state index contributed by atoms with van der Waals surface area (Å²) in [5, 5.41) is 2.06. The topological polar surface area (TPSA) is 21.6 Å². The Kier molecular flexibility index (Phi) is 3.54. The van der Waals surface area contributed by atoms with E-state index in [9.17, 15) is 0 Å². The first kappa shape index (κ1) is 10.7. The van der Waals surface area contributed by atoms with E-state index in [1.165, 1.54) is 0 Å². The Morgan fingerprint density at radius 2 is 2.06 bits per heavy atom. The van der Waals surface area contributed by atoms with Gasteiger partial charge in [-0.25, -0.2) is 0 Å². The van der Waals surface area contributed by atoms with E-state index in [1.807, 2.05) is 24.4 Å². The molecule has 16 heavy (non-hydrogen) atoms. The fourth-order valence-corrected chi connectivity index (χ4v) is 1.58. The number of hydrogen-bond donors (Lipinski definition) is 0. The van der Waals surface area contributed by atoms with E-state index in [0.717, 1.165) is 29.2 Å². The van der Waals surface area contributed by atoms with Crippen LogP contribution in [0.25, 0.3) is 6.08 Å². The lowest BCUT2D eigenvalue weighted by Gasteiger charge is -1.98. The van der Waals surface area contributed by atoms with Gasteiger partial charge in [0.25, 0.3) is 0 Å². The van der Waals surface area contributed by atoms with Crippen LogP contribution in [0, 0.1) is 0 Å². The van der Waals surface area contributed by atoms with Crippen LogP contribution in [0.1, 0.15) is 12.8 Å². The molecule has 1 aromatic carbocycles. The molecule has 1 aromatic rings. The smallest absolute Gasteiger partial charge is 0.119 e. The van der Waals surface area contributed by atoms with Crippen LogP contribution < -0.4 is 15.3 Å². The first-order valence-corrected chi connectivity index (χ1v) is 5.44. The summed E-state index contributed by atoms with van der Waals surface area (Å²) in [7, 11) is 1.68. The highest BCUT2D eigenvalue weighted by Gasteiger charge is 1.91. The van der Waals surface area contributed by atoms with Gasteiger partial charge < -0.3 is 4.74 Å². The van der Waals surface area contributed by atoms with Crippen LogP contribution in [-0.4, -0.2) is 7.11 Å². The van der Waals surface area contributed by atoms with Crippen LogP contribution in [0.2, 0.25) is 0 Å². The molecule has 1 aliphatic rings. The van der Waals surface area contributed by atoms with Crippen molar-refractivity contribution in [2.45, 2.75) is 12.8 Å². The highest BCUT2D eigenvalue weighted by atomic mass is 16.5. The van der Waals surface area contributed by atoms with E-state index in [4.69, 9.17) is 4.74 Å². The molecule has 0 bridgehead atoms. The highest BCUT2D eigenvalue weighted by molar-refractivity contribution is 5.39. The van der Waals surface area contributed by atoms with Crippen LogP contribution >= 0.6 is 0 Å². The third-order valence-electron chi connectivity index (χ3n) is 2.47. The summed E-state index contributed by atoms with van der Waals surface area (Å²) in [5.74, 6) is 0.861. The van der Waals surface area contributed by atoms with Crippen molar-refractivity contribution in [3.8, 4) is 5.75 Å². The number of rotatable bonds is 1. The molecule has 0 radical (unpaired) electrons. The monoisotopic (exact) mass is 213 g/mol. The molecule has 2 heteroatoms. The normalized spacial score (nSPS) is 22.8. The zero-order valence-corrected chi connectivity index (χ0v) is 9.39. The maximum atomic E-state index is 5.20. The number of allylic oxidation sites excluding steroid dienone is 3. The lowest BCUT2D eigenvalue weighted by Crippen LogP contribution is -2.24. The maximum Gasteiger partial charge on any atom is 0.119 e. The third-order valence-corrected chi connectivity index (χ3v) is 2.47. The third kappa shape index (κ3) is 2.60. The van der Waals surface area contributed by atoms with Crippen molar-refractivity contribution in [2.75, 3.05) is 7.11 Å². The summed E-state index contributed by atoms with van der Waals surface area (Å²) in [4.78, 5) is 4.42. The molecule has 82 valence electrons. The van der Waals surface area contributed by atoms with E-state index in [1.54, 1.807) is 7.11 Å². The summed E-state index contributed by atoms with van der Waals surface area (Å²) in [5.41, 5.74) is 0. The molecular formula is C14H15NO. The van der Waals surface area contributed by atoms with E-state index in [0.29, 0.717) is 0 Å². The first-order valence-electron chi connectivity index (χ1n) is 5.44. The second-order valence-electron chi connectivity index (χ2n) is 3.61. The summed E-state index contributed by atoms with van der Waals surface area (Å²) in [6.45, 7) is 0. The van der Waals surface area contributed by atoms with E-state index in [-0.39, 0.29) is 0 Å².